The number of esters is 1. The van der Waals surface area contributed by atoms with Crippen molar-refractivity contribution in [3.05, 3.63) is 90.1 Å². The van der Waals surface area contributed by atoms with Gasteiger partial charge in [0.15, 0.2) is 0 Å². The molecule has 1 fully saturated rings. The summed E-state index contributed by atoms with van der Waals surface area (Å²) >= 11 is 0. The first-order valence-corrected chi connectivity index (χ1v) is 15.7. The number of carbonyl (C=O) groups excluding carboxylic acids is 2. The highest BCUT2D eigenvalue weighted by molar-refractivity contribution is 5.94. The Labute approximate surface area is 255 Å². The lowest BCUT2D eigenvalue weighted by Crippen LogP contribution is -2.47. The second-order valence-electron chi connectivity index (χ2n) is 12.7. The van der Waals surface area contributed by atoms with Crippen molar-refractivity contribution in [3.63, 3.8) is 0 Å². The van der Waals surface area contributed by atoms with E-state index in [1.54, 1.807) is 0 Å². The molecule has 1 amide bonds. The van der Waals surface area contributed by atoms with Gasteiger partial charge in [-0.25, -0.2) is 4.79 Å². The third-order valence-electron chi connectivity index (χ3n) is 8.31. The zero-order valence-electron chi connectivity index (χ0n) is 25.8. The van der Waals surface area contributed by atoms with E-state index in [1.165, 1.54) is 21.9 Å². The summed E-state index contributed by atoms with van der Waals surface area (Å²) < 4.78 is 11.6. The van der Waals surface area contributed by atoms with Crippen LogP contribution in [0.3, 0.4) is 0 Å². The normalized spacial score (nSPS) is 20.1. The maximum absolute atomic E-state index is 13.6. The van der Waals surface area contributed by atoms with Gasteiger partial charge in [0.2, 0.25) is 0 Å². The van der Waals surface area contributed by atoms with Crippen molar-refractivity contribution in [3.8, 4) is 0 Å². The molecule has 6 heteroatoms. The summed E-state index contributed by atoms with van der Waals surface area (Å²) in [4.78, 5) is 33.5. The minimum absolute atomic E-state index is 0.152. The van der Waals surface area contributed by atoms with Gasteiger partial charge >= 0.3 is 12.1 Å². The molecule has 3 aromatic carbocycles. The Balaban J connectivity index is 1.34. The smallest absolute Gasteiger partial charge is 0.410 e. The summed E-state index contributed by atoms with van der Waals surface area (Å²) in [7, 11) is 0. The molecule has 0 saturated carbocycles. The lowest BCUT2D eigenvalue weighted by molar-refractivity contribution is -0.150. The third-order valence-corrected chi connectivity index (χ3v) is 8.31. The molecule has 0 N–H and O–H groups in total. The fraction of sp³-hybridized carbons (Fsp3) is 0.432. The second kappa shape index (κ2) is 14.0. The molecule has 2 aliphatic heterocycles. The fourth-order valence-electron chi connectivity index (χ4n) is 6.10. The van der Waals surface area contributed by atoms with Crippen LogP contribution < -0.4 is 0 Å². The highest BCUT2D eigenvalue weighted by atomic mass is 16.6. The van der Waals surface area contributed by atoms with E-state index in [1.807, 2.05) is 62.2 Å². The van der Waals surface area contributed by atoms with Gasteiger partial charge in [-0.1, -0.05) is 73.2 Å². The molecule has 0 spiro atoms. The zero-order valence-corrected chi connectivity index (χ0v) is 25.8. The average Bonchev–Trinajstić information content (AvgIpc) is 3.18. The monoisotopic (exact) mass is 580 g/mol. The first-order chi connectivity index (χ1) is 20.8. The zero-order chi connectivity index (χ0) is 30.2. The van der Waals surface area contributed by atoms with Crippen molar-refractivity contribution in [1.29, 1.82) is 0 Å². The van der Waals surface area contributed by atoms with Gasteiger partial charge in [-0.2, -0.15) is 0 Å². The molecule has 6 nitrogen and oxygen atoms in total. The second-order valence-corrected chi connectivity index (χ2v) is 12.7. The molecule has 1 saturated heterocycles. The van der Waals surface area contributed by atoms with Crippen LogP contribution in [-0.4, -0.2) is 40.9 Å². The Kier molecular flexibility index (Phi) is 9.96. The summed E-state index contributed by atoms with van der Waals surface area (Å²) in [6.45, 7) is 6.50. The lowest BCUT2D eigenvalue weighted by atomic mass is 9.94. The third kappa shape index (κ3) is 8.34. The SMILES string of the molecule is CC(C)(C)OC(=O)N1CCCC(C(=O)OCc2ccccc2)CCCC1C1=NC=C(c2ccc3ccccc3c2)CCC1. The van der Waals surface area contributed by atoms with Crippen molar-refractivity contribution >= 4 is 34.1 Å². The number of carbonyl (C=O) groups is 2. The topological polar surface area (TPSA) is 68.2 Å². The van der Waals surface area contributed by atoms with E-state index in [2.05, 4.69) is 42.5 Å². The molecule has 0 bridgehead atoms. The lowest BCUT2D eigenvalue weighted by Gasteiger charge is -2.34. The Morgan fingerprint density at radius 3 is 2.40 bits per heavy atom. The van der Waals surface area contributed by atoms with Crippen LogP contribution in [0.1, 0.15) is 83.3 Å². The number of amides is 1. The first-order valence-electron chi connectivity index (χ1n) is 15.7. The molecule has 2 heterocycles. The van der Waals surface area contributed by atoms with Crippen LogP contribution in [0.15, 0.2) is 84.0 Å². The van der Waals surface area contributed by atoms with Gasteiger partial charge in [0, 0.05) is 18.5 Å². The minimum atomic E-state index is -0.599. The van der Waals surface area contributed by atoms with E-state index in [9.17, 15) is 9.59 Å². The van der Waals surface area contributed by atoms with Crippen LogP contribution in [0.4, 0.5) is 4.79 Å². The van der Waals surface area contributed by atoms with Crippen molar-refractivity contribution in [1.82, 2.24) is 4.90 Å². The Morgan fingerprint density at radius 1 is 0.860 bits per heavy atom. The van der Waals surface area contributed by atoms with Crippen LogP contribution in [-0.2, 0) is 20.9 Å². The number of allylic oxidation sites excluding steroid dienone is 1. The minimum Gasteiger partial charge on any atom is -0.461 e. The molecule has 2 unspecified atom stereocenters. The summed E-state index contributed by atoms with van der Waals surface area (Å²) in [6, 6.07) is 24.6. The molecule has 43 heavy (non-hydrogen) atoms. The van der Waals surface area contributed by atoms with Gasteiger partial charge in [0.25, 0.3) is 0 Å². The van der Waals surface area contributed by atoms with Crippen molar-refractivity contribution in [2.24, 2.45) is 10.9 Å². The van der Waals surface area contributed by atoms with Crippen LogP contribution >= 0.6 is 0 Å². The molecule has 0 aromatic heterocycles. The quantitative estimate of drug-likeness (QED) is 0.283. The van der Waals surface area contributed by atoms with Crippen molar-refractivity contribution in [2.45, 2.75) is 90.4 Å². The predicted octanol–water partition coefficient (Wildman–Crippen LogP) is 8.74. The molecule has 3 aromatic rings. The Hall–Kier alpha value is -3.93. The average molecular weight is 581 g/mol. The number of fused-ring (bicyclic) bond motifs is 1. The van der Waals surface area contributed by atoms with Gasteiger partial charge < -0.3 is 9.47 Å². The maximum atomic E-state index is 13.6. The first kappa shape index (κ1) is 30.5. The molecule has 2 atom stereocenters. The van der Waals surface area contributed by atoms with E-state index in [0.717, 1.165) is 49.8 Å². The molecule has 5 rings (SSSR count). The van der Waals surface area contributed by atoms with Crippen LogP contribution in [0.2, 0.25) is 0 Å². The van der Waals surface area contributed by atoms with E-state index >= 15 is 0 Å². The number of ether oxygens (including phenoxy) is 2. The predicted molar refractivity (Wildman–Crippen MR) is 173 cm³/mol. The summed E-state index contributed by atoms with van der Waals surface area (Å²) in [6.07, 6.45) is 8.06. The van der Waals surface area contributed by atoms with Crippen LogP contribution in [0.5, 0.6) is 0 Å². The standard InChI is InChI=1S/C37H44N2O4/c1-37(2,3)43-36(41)39-23-11-18-29(35(40)42-26-27-12-5-4-6-13-27)16-10-20-34(39)33-19-9-17-32(25-38-33)31-22-21-28-14-7-8-15-30(28)24-31/h4-8,12-15,21-22,24-25,29,34H,9-11,16-20,23,26H2,1-3H3. The van der Waals surface area contributed by atoms with E-state index in [0.29, 0.717) is 19.4 Å². The number of nitrogens with zero attached hydrogens (tertiary/aromatic N) is 2. The Morgan fingerprint density at radius 2 is 1.60 bits per heavy atom. The maximum Gasteiger partial charge on any atom is 0.410 e. The molecule has 2 aliphatic rings. The number of rotatable bonds is 5. The number of benzene rings is 3. The van der Waals surface area contributed by atoms with Gasteiger partial charge in [0.1, 0.15) is 12.2 Å². The summed E-state index contributed by atoms with van der Waals surface area (Å²) in [5, 5.41) is 2.45. The largest absolute Gasteiger partial charge is 0.461 e. The van der Waals surface area contributed by atoms with Crippen molar-refractivity contribution in [2.75, 3.05) is 6.54 Å². The van der Waals surface area contributed by atoms with Gasteiger partial charge in [-0.15, -0.1) is 0 Å². The van der Waals surface area contributed by atoms with Gasteiger partial charge in [-0.05, 0) is 99.3 Å². The molecule has 226 valence electrons. The number of hydrogen-bond donors (Lipinski definition) is 0. The van der Waals surface area contributed by atoms with Crippen molar-refractivity contribution < 1.29 is 19.1 Å². The highest BCUT2D eigenvalue weighted by Crippen LogP contribution is 2.30. The van der Waals surface area contributed by atoms with E-state index in [-0.39, 0.29) is 30.6 Å². The summed E-state index contributed by atoms with van der Waals surface area (Å²) in [5.74, 6) is -0.334. The highest BCUT2D eigenvalue weighted by Gasteiger charge is 2.33. The number of aliphatic imine (C=N–C) groups is 1. The van der Waals surface area contributed by atoms with Crippen LogP contribution in [0.25, 0.3) is 16.3 Å². The van der Waals surface area contributed by atoms with Crippen LogP contribution in [0, 0.1) is 5.92 Å². The molecular formula is C37H44N2O4. The molecular weight excluding hydrogens is 536 g/mol. The fourth-order valence-corrected chi connectivity index (χ4v) is 6.10. The van der Waals surface area contributed by atoms with E-state index < -0.39 is 5.60 Å². The van der Waals surface area contributed by atoms with Gasteiger partial charge in [0.05, 0.1) is 12.0 Å². The van der Waals surface area contributed by atoms with E-state index in [4.69, 9.17) is 14.5 Å². The Bertz CT molecular complexity index is 1470. The number of hydrogen-bond acceptors (Lipinski definition) is 5. The molecule has 0 radical (unpaired) electrons. The summed E-state index contributed by atoms with van der Waals surface area (Å²) in [5.41, 5.74) is 3.82. The van der Waals surface area contributed by atoms with Gasteiger partial charge in [-0.3, -0.25) is 14.7 Å². The molecule has 0 aliphatic carbocycles.